The van der Waals surface area contributed by atoms with Crippen molar-refractivity contribution in [3.63, 3.8) is 0 Å². The fraction of sp³-hybridized carbons (Fsp3) is 0.273. The van der Waals surface area contributed by atoms with Crippen molar-refractivity contribution >= 4 is 57.3 Å². The van der Waals surface area contributed by atoms with Crippen LogP contribution in [0, 0.1) is 0 Å². The fourth-order valence-corrected chi connectivity index (χ4v) is 7.25. The number of nitrogens with zero attached hydrogens (tertiary/aromatic N) is 3. The van der Waals surface area contributed by atoms with Crippen LogP contribution in [0.15, 0.2) is 76.6 Å². The molecule has 1 aromatic heterocycles. The lowest BCUT2D eigenvalue weighted by molar-refractivity contribution is -0.132. The van der Waals surface area contributed by atoms with Crippen LogP contribution in [0.4, 0.5) is 5.13 Å². The standard InChI is InChI=1S/C33H30ClN3O6S2/c1-2-3-6-15-41-23-12-9-20(10-13-23)28-27(29(38)21-11-14-25-26(18-21)43-17-16-42-25)30(39)31(40)37(28)32-35-36-33(45-32)44-19-22-7-4-5-8-24(22)34/h4-5,7-14,18,28,38H,2-3,6,15-17,19H2,1H3/b29-27+. The first-order chi connectivity index (χ1) is 21.9. The molecule has 0 aliphatic carbocycles. The van der Waals surface area contributed by atoms with E-state index in [0.29, 0.717) is 63.3 Å². The zero-order valence-electron chi connectivity index (χ0n) is 24.4. The van der Waals surface area contributed by atoms with Crippen molar-refractivity contribution in [2.45, 2.75) is 42.3 Å². The van der Waals surface area contributed by atoms with Gasteiger partial charge in [-0.1, -0.05) is 84.8 Å². The molecule has 2 aliphatic rings. The van der Waals surface area contributed by atoms with E-state index < -0.39 is 17.7 Å². The molecule has 9 nitrogen and oxygen atoms in total. The minimum Gasteiger partial charge on any atom is -0.507 e. The molecule has 1 amide bonds. The number of ether oxygens (including phenoxy) is 3. The van der Waals surface area contributed by atoms with Gasteiger partial charge < -0.3 is 19.3 Å². The molecule has 2 aliphatic heterocycles. The third-order valence-electron chi connectivity index (χ3n) is 7.38. The zero-order chi connectivity index (χ0) is 31.3. The molecule has 3 heterocycles. The number of hydrogen-bond donors (Lipinski definition) is 1. The summed E-state index contributed by atoms with van der Waals surface area (Å²) in [6.45, 7) is 3.51. The summed E-state index contributed by atoms with van der Waals surface area (Å²) in [5, 5.41) is 21.1. The van der Waals surface area contributed by atoms with Crippen LogP contribution in [-0.4, -0.2) is 46.8 Å². The zero-order valence-corrected chi connectivity index (χ0v) is 26.8. The number of unbranched alkanes of at least 4 members (excludes halogenated alkanes) is 2. The molecule has 45 heavy (non-hydrogen) atoms. The summed E-state index contributed by atoms with van der Waals surface area (Å²) < 4.78 is 17.8. The molecule has 0 saturated carbocycles. The Hall–Kier alpha value is -4.06. The molecular formula is C33H30ClN3O6S2. The molecule has 0 spiro atoms. The number of hydrogen-bond acceptors (Lipinski definition) is 10. The van der Waals surface area contributed by atoms with Crippen LogP contribution in [0.3, 0.4) is 0 Å². The van der Waals surface area contributed by atoms with Gasteiger partial charge in [0, 0.05) is 16.3 Å². The number of carbonyl (C=O) groups excluding carboxylic acids is 2. The maximum atomic E-state index is 13.6. The number of Topliss-reactive ketones (excluding diaryl/α,β-unsaturated/α-hetero) is 1. The molecule has 0 bridgehead atoms. The SMILES string of the molecule is CCCCCOc1ccc(C2/C(=C(\O)c3ccc4c(c3)OCCO4)C(=O)C(=O)N2c2nnc(SCc3ccccc3Cl)s2)cc1. The van der Waals surface area contributed by atoms with E-state index in [1.165, 1.54) is 28.0 Å². The topological polar surface area (TPSA) is 111 Å². The Balaban J connectivity index is 1.35. The summed E-state index contributed by atoms with van der Waals surface area (Å²) >= 11 is 8.94. The number of anilines is 1. The maximum Gasteiger partial charge on any atom is 0.301 e. The van der Waals surface area contributed by atoms with Gasteiger partial charge in [-0.2, -0.15) is 0 Å². The highest BCUT2D eigenvalue weighted by Gasteiger charge is 2.48. The third-order valence-corrected chi connectivity index (χ3v) is 9.86. The van der Waals surface area contributed by atoms with Crippen LogP contribution < -0.4 is 19.1 Å². The van der Waals surface area contributed by atoms with Crippen molar-refractivity contribution in [3.8, 4) is 17.2 Å². The smallest absolute Gasteiger partial charge is 0.301 e. The summed E-state index contributed by atoms with van der Waals surface area (Å²) in [5.41, 5.74) is 1.81. The predicted molar refractivity (Wildman–Crippen MR) is 175 cm³/mol. The fourth-order valence-electron chi connectivity index (χ4n) is 5.09. The van der Waals surface area contributed by atoms with Gasteiger partial charge in [-0.3, -0.25) is 14.5 Å². The number of aliphatic hydroxyl groups is 1. The molecule has 1 saturated heterocycles. The Bertz CT molecular complexity index is 1740. The Morgan fingerprint density at radius 2 is 1.82 bits per heavy atom. The highest BCUT2D eigenvalue weighted by molar-refractivity contribution is 8.00. The predicted octanol–water partition coefficient (Wildman–Crippen LogP) is 7.45. The molecule has 3 aromatic carbocycles. The first-order valence-electron chi connectivity index (χ1n) is 14.6. The number of aromatic nitrogens is 2. The van der Waals surface area contributed by atoms with E-state index in [0.717, 1.165) is 24.8 Å². The molecule has 1 atom stereocenters. The quantitative estimate of drug-likeness (QED) is 0.0437. The summed E-state index contributed by atoms with van der Waals surface area (Å²) in [5.74, 6) is 0.263. The van der Waals surface area contributed by atoms with Crippen molar-refractivity contribution in [1.82, 2.24) is 10.2 Å². The second-order valence-corrected chi connectivity index (χ2v) is 13.0. The van der Waals surface area contributed by atoms with Crippen LogP contribution in [-0.2, 0) is 15.3 Å². The average molecular weight is 664 g/mol. The highest BCUT2D eigenvalue weighted by atomic mass is 35.5. The van der Waals surface area contributed by atoms with E-state index in [-0.39, 0.29) is 16.5 Å². The van der Waals surface area contributed by atoms with E-state index in [1.807, 2.05) is 24.3 Å². The van der Waals surface area contributed by atoms with E-state index >= 15 is 0 Å². The first kappa shape index (κ1) is 30.9. The van der Waals surface area contributed by atoms with Crippen LogP contribution in [0.5, 0.6) is 17.2 Å². The average Bonchev–Trinajstić information content (AvgIpc) is 3.64. The molecular weight excluding hydrogens is 634 g/mol. The monoisotopic (exact) mass is 663 g/mol. The van der Waals surface area contributed by atoms with Gasteiger partial charge >= 0.3 is 5.91 Å². The lowest BCUT2D eigenvalue weighted by Gasteiger charge is -2.23. The number of benzene rings is 3. The molecule has 1 fully saturated rings. The molecule has 232 valence electrons. The number of amides is 1. The molecule has 1 unspecified atom stereocenters. The van der Waals surface area contributed by atoms with Gasteiger partial charge in [0.25, 0.3) is 5.78 Å². The molecule has 4 aromatic rings. The Kier molecular flexibility index (Phi) is 9.58. The van der Waals surface area contributed by atoms with Crippen LogP contribution in [0.1, 0.15) is 48.9 Å². The Labute approximate surface area is 273 Å². The summed E-state index contributed by atoms with van der Waals surface area (Å²) in [4.78, 5) is 28.6. The van der Waals surface area contributed by atoms with Gasteiger partial charge in [0.15, 0.2) is 15.8 Å². The number of aliphatic hydroxyl groups excluding tert-OH is 1. The number of ketones is 1. The van der Waals surface area contributed by atoms with E-state index in [4.69, 9.17) is 25.8 Å². The van der Waals surface area contributed by atoms with Gasteiger partial charge in [0.05, 0.1) is 18.2 Å². The van der Waals surface area contributed by atoms with Gasteiger partial charge in [-0.15, -0.1) is 10.2 Å². The van der Waals surface area contributed by atoms with Crippen molar-refractivity contribution in [1.29, 1.82) is 0 Å². The summed E-state index contributed by atoms with van der Waals surface area (Å²) in [6, 6.07) is 18.7. The number of carbonyl (C=O) groups is 2. The molecule has 6 rings (SSSR count). The second-order valence-electron chi connectivity index (χ2n) is 10.4. The Morgan fingerprint density at radius 3 is 2.60 bits per heavy atom. The second kappa shape index (κ2) is 13.9. The third kappa shape index (κ3) is 6.66. The normalized spacial score (nSPS) is 17.1. The van der Waals surface area contributed by atoms with Crippen molar-refractivity contribution in [2.24, 2.45) is 0 Å². The van der Waals surface area contributed by atoms with Crippen LogP contribution in [0.2, 0.25) is 5.02 Å². The number of rotatable bonds is 11. The maximum absolute atomic E-state index is 13.6. The minimum absolute atomic E-state index is 0.0613. The van der Waals surface area contributed by atoms with Crippen molar-refractivity contribution < 1.29 is 28.9 Å². The van der Waals surface area contributed by atoms with Gasteiger partial charge in [0.2, 0.25) is 5.13 Å². The lowest BCUT2D eigenvalue weighted by atomic mass is 9.95. The molecule has 1 N–H and O–H groups in total. The summed E-state index contributed by atoms with van der Waals surface area (Å²) in [6.07, 6.45) is 3.12. The number of thioether (sulfide) groups is 1. The van der Waals surface area contributed by atoms with Crippen molar-refractivity contribution in [2.75, 3.05) is 24.7 Å². The molecule has 12 heteroatoms. The summed E-state index contributed by atoms with van der Waals surface area (Å²) in [7, 11) is 0. The molecule has 0 radical (unpaired) electrons. The van der Waals surface area contributed by atoms with Gasteiger partial charge in [-0.25, -0.2) is 0 Å². The number of fused-ring (bicyclic) bond motifs is 1. The van der Waals surface area contributed by atoms with Gasteiger partial charge in [-0.05, 0) is 53.9 Å². The highest BCUT2D eigenvalue weighted by Crippen LogP contribution is 2.45. The van der Waals surface area contributed by atoms with Crippen LogP contribution in [0.25, 0.3) is 5.76 Å². The van der Waals surface area contributed by atoms with E-state index in [1.54, 1.807) is 42.5 Å². The van der Waals surface area contributed by atoms with E-state index in [9.17, 15) is 14.7 Å². The Morgan fingerprint density at radius 1 is 1.04 bits per heavy atom. The first-order valence-corrected chi connectivity index (χ1v) is 16.8. The largest absolute Gasteiger partial charge is 0.507 e. The number of halogens is 1. The van der Waals surface area contributed by atoms with Gasteiger partial charge in [0.1, 0.15) is 24.7 Å². The lowest BCUT2D eigenvalue weighted by Crippen LogP contribution is -2.29. The van der Waals surface area contributed by atoms with Crippen molar-refractivity contribution in [3.05, 3.63) is 94.0 Å². The van der Waals surface area contributed by atoms with Crippen LogP contribution >= 0.6 is 34.7 Å². The van der Waals surface area contributed by atoms with E-state index in [2.05, 4.69) is 17.1 Å². The minimum atomic E-state index is -0.957.